The summed E-state index contributed by atoms with van der Waals surface area (Å²) in [6.45, 7) is 0. The maximum atomic E-state index is 7.04. The Balaban J connectivity index is 1.33. The Morgan fingerprint density at radius 1 is 0.571 bits per heavy atom. The van der Waals surface area contributed by atoms with E-state index in [9.17, 15) is 0 Å². The van der Waals surface area contributed by atoms with Gasteiger partial charge in [0.15, 0.2) is 0 Å². The van der Waals surface area contributed by atoms with Crippen molar-refractivity contribution in [1.29, 1.82) is 0 Å². The largest absolute Gasteiger partial charge is 0.465 e. The highest BCUT2D eigenvalue weighted by molar-refractivity contribution is 5.86. The van der Waals surface area contributed by atoms with Crippen molar-refractivity contribution in [2.24, 2.45) is 0 Å². The molecule has 1 aromatic heterocycles. The summed E-state index contributed by atoms with van der Waals surface area (Å²) in [6, 6.07) is 46.4. The van der Waals surface area contributed by atoms with E-state index < -0.39 is 0 Å². The van der Waals surface area contributed by atoms with Gasteiger partial charge in [0.05, 0.1) is 0 Å². The monoisotopic (exact) mass is 546 g/mol. The first-order valence-electron chi connectivity index (χ1n) is 15.6. The third-order valence-corrected chi connectivity index (χ3v) is 9.17. The Kier molecular flexibility index (Phi) is 7.74. The van der Waals surface area contributed by atoms with E-state index in [1.165, 1.54) is 74.7 Å². The molecule has 0 spiro atoms. The molecule has 208 valence electrons. The summed E-state index contributed by atoms with van der Waals surface area (Å²) in [7, 11) is 0. The summed E-state index contributed by atoms with van der Waals surface area (Å²) in [4.78, 5) is 0. The molecule has 0 amide bonds. The van der Waals surface area contributed by atoms with Crippen LogP contribution in [0.5, 0.6) is 0 Å². The zero-order chi connectivity index (χ0) is 28.1. The highest BCUT2D eigenvalue weighted by atomic mass is 16.3. The summed E-state index contributed by atoms with van der Waals surface area (Å²) in [5.74, 6) is 2.84. The zero-order valence-corrected chi connectivity index (χ0v) is 24.3. The van der Waals surface area contributed by atoms with Gasteiger partial charge in [0, 0.05) is 24.8 Å². The average Bonchev–Trinajstić information content (AvgIpc) is 3.36. The van der Waals surface area contributed by atoms with Crippen molar-refractivity contribution in [3.8, 4) is 0 Å². The molecule has 0 fully saturated rings. The van der Waals surface area contributed by atoms with Gasteiger partial charge in [-0.3, -0.25) is 0 Å². The van der Waals surface area contributed by atoms with Crippen molar-refractivity contribution in [2.45, 2.75) is 57.3 Å². The minimum atomic E-state index is 0.499. The van der Waals surface area contributed by atoms with E-state index in [1.54, 1.807) is 0 Å². The lowest BCUT2D eigenvalue weighted by atomic mass is 9.80. The van der Waals surface area contributed by atoms with E-state index in [1.807, 2.05) is 0 Å². The molecular weight excluding hydrogens is 508 g/mol. The third-order valence-electron chi connectivity index (χ3n) is 9.17. The molecule has 0 saturated carbocycles. The lowest BCUT2D eigenvalue weighted by molar-refractivity contribution is 0.434. The van der Waals surface area contributed by atoms with E-state index in [0.717, 1.165) is 37.9 Å². The maximum absolute atomic E-state index is 7.04. The van der Waals surface area contributed by atoms with Gasteiger partial charge in [-0.05, 0) is 82.2 Å². The summed E-state index contributed by atoms with van der Waals surface area (Å²) in [5.41, 5.74) is 9.93. The van der Waals surface area contributed by atoms with E-state index in [0.29, 0.717) is 5.92 Å². The Hall–Kier alpha value is -4.36. The van der Waals surface area contributed by atoms with Crippen LogP contribution in [0.15, 0.2) is 132 Å². The molecule has 1 heterocycles. The fourth-order valence-corrected chi connectivity index (χ4v) is 7.03. The van der Waals surface area contributed by atoms with Crippen LogP contribution in [0.4, 0.5) is 0 Å². The number of aryl methyl sites for hydroxylation is 2. The summed E-state index contributed by atoms with van der Waals surface area (Å²) >= 11 is 0. The van der Waals surface area contributed by atoms with Crippen molar-refractivity contribution in [1.82, 2.24) is 0 Å². The van der Waals surface area contributed by atoms with E-state index in [4.69, 9.17) is 4.42 Å². The first kappa shape index (κ1) is 26.5. The highest BCUT2D eigenvalue weighted by Crippen LogP contribution is 2.38. The Labute approximate surface area is 249 Å². The number of hydrogen-bond donors (Lipinski definition) is 0. The van der Waals surface area contributed by atoms with Crippen molar-refractivity contribution in [3.05, 3.63) is 178 Å². The van der Waals surface area contributed by atoms with Crippen LogP contribution in [0.3, 0.4) is 0 Å². The second-order valence-electron chi connectivity index (χ2n) is 11.9. The summed E-state index contributed by atoms with van der Waals surface area (Å²) in [5, 5.41) is 2.64. The van der Waals surface area contributed by atoms with E-state index in [-0.39, 0.29) is 0 Å². The molecular formula is C41H38O. The van der Waals surface area contributed by atoms with E-state index >= 15 is 0 Å². The Bertz CT molecular complexity index is 1770. The highest BCUT2D eigenvalue weighted by Gasteiger charge is 2.26. The van der Waals surface area contributed by atoms with E-state index in [2.05, 4.69) is 127 Å². The molecule has 42 heavy (non-hydrogen) atoms. The smallest absolute Gasteiger partial charge is 0.112 e. The molecule has 1 heteroatoms. The van der Waals surface area contributed by atoms with Gasteiger partial charge in [-0.15, -0.1) is 0 Å². The maximum Gasteiger partial charge on any atom is 0.112 e. The fraction of sp³-hybridized carbons (Fsp3) is 0.220. The fourth-order valence-electron chi connectivity index (χ4n) is 7.03. The Morgan fingerprint density at radius 2 is 1.29 bits per heavy atom. The molecule has 0 bridgehead atoms. The number of hydrogen-bond acceptors (Lipinski definition) is 1. The van der Waals surface area contributed by atoms with Gasteiger partial charge in [-0.1, -0.05) is 127 Å². The molecule has 5 aromatic carbocycles. The topological polar surface area (TPSA) is 13.1 Å². The summed E-state index contributed by atoms with van der Waals surface area (Å²) < 4.78 is 7.04. The van der Waals surface area contributed by atoms with Crippen LogP contribution < -0.4 is 0 Å². The van der Waals surface area contributed by atoms with Crippen molar-refractivity contribution in [2.75, 3.05) is 0 Å². The number of benzene rings is 5. The lowest BCUT2D eigenvalue weighted by Gasteiger charge is -2.25. The van der Waals surface area contributed by atoms with Crippen LogP contribution >= 0.6 is 0 Å². The van der Waals surface area contributed by atoms with Crippen molar-refractivity contribution >= 4 is 10.8 Å². The second kappa shape index (κ2) is 12.2. The lowest BCUT2D eigenvalue weighted by Crippen LogP contribution is -2.12. The summed E-state index contributed by atoms with van der Waals surface area (Å²) in [6.07, 6.45) is 8.34. The molecule has 6 aromatic rings. The van der Waals surface area contributed by atoms with Crippen LogP contribution in [0, 0.1) is 0 Å². The van der Waals surface area contributed by atoms with Gasteiger partial charge in [-0.25, -0.2) is 0 Å². The van der Waals surface area contributed by atoms with Crippen LogP contribution in [-0.2, 0) is 38.5 Å². The van der Waals surface area contributed by atoms with Gasteiger partial charge < -0.3 is 4.42 Å². The number of furan rings is 1. The second-order valence-corrected chi connectivity index (χ2v) is 11.9. The molecule has 1 aliphatic carbocycles. The number of rotatable bonds is 9. The Morgan fingerprint density at radius 3 is 2.14 bits per heavy atom. The van der Waals surface area contributed by atoms with Gasteiger partial charge in [0.25, 0.3) is 0 Å². The molecule has 1 aliphatic rings. The molecule has 1 nitrogen and oxygen atoms in total. The normalized spacial score (nSPS) is 14.6. The molecule has 1 atom stereocenters. The van der Waals surface area contributed by atoms with Crippen LogP contribution in [-0.4, -0.2) is 0 Å². The minimum absolute atomic E-state index is 0.499. The van der Waals surface area contributed by atoms with Gasteiger partial charge >= 0.3 is 0 Å². The predicted octanol–water partition coefficient (Wildman–Crippen LogP) is 10.1. The third kappa shape index (κ3) is 5.70. The standard InChI is InChI=1S/C41H38O/c1-3-13-30(14-4-1)25-26-38-39(28-34-21-11-19-32-17-7-9-23-36(32)34)41(42-40(38)27-31-15-5-2-6-16-31)29-35-22-12-20-33-18-8-10-24-37(33)35/h1-11,13-19,21,23-24,35H,12,20,22,25-29H2. The number of fused-ring (bicyclic) bond motifs is 2. The molecule has 1 unspecified atom stereocenters. The quantitative estimate of drug-likeness (QED) is 0.176. The zero-order valence-electron chi connectivity index (χ0n) is 24.3. The van der Waals surface area contributed by atoms with Crippen molar-refractivity contribution < 1.29 is 4.42 Å². The van der Waals surface area contributed by atoms with Gasteiger partial charge in [0.2, 0.25) is 0 Å². The minimum Gasteiger partial charge on any atom is -0.465 e. The van der Waals surface area contributed by atoms with Crippen LogP contribution in [0.2, 0.25) is 0 Å². The molecule has 0 aliphatic heterocycles. The molecule has 0 saturated heterocycles. The molecule has 0 N–H and O–H groups in total. The first-order valence-corrected chi connectivity index (χ1v) is 15.6. The van der Waals surface area contributed by atoms with Crippen LogP contribution in [0.1, 0.15) is 69.2 Å². The van der Waals surface area contributed by atoms with Crippen molar-refractivity contribution in [3.63, 3.8) is 0 Å². The van der Waals surface area contributed by atoms with Crippen LogP contribution in [0.25, 0.3) is 10.8 Å². The predicted molar refractivity (Wildman–Crippen MR) is 174 cm³/mol. The SMILES string of the molecule is c1ccc(CCc2c(Cc3ccccc3)oc(CC3CCCc4ccccc43)c2Cc2cccc3ccccc23)cc1. The van der Waals surface area contributed by atoms with Gasteiger partial charge in [-0.2, -0.15) is 0 Å². The molecule has 7 rings (SSSR count). The molecule has 0 radical (unpaired) electrons. The van der Waals surface area contributed by atoms with Gasteiger partial charge in [0.1, 0.15) is 11.5 Å². The first-order chi connectivity index (χ1) is 20.8. The average molecular weight is 547 g/mol.